The van der Waals surface area contributed by atoms with E-state index in [1.54, 1.807) is 17.0 Å². The Morgan fingerprint density at radius 2 is 1.80 bits per heavy atom. The zero-order valence-corrected chi connectivity index (χ0v) is 16.6. The highest BCUT2D eigenvalue weighted by Crippen LogP contribution is 2.22. The number of nitrogens with zero attached hydrogens (tertiary/aromatic N) is 1. The first kappa shape index (κ1) is 21.5. The molecule has 3 amide bonds. The number of ether oxygens (including phenoxy) is 1. The van der Waals surface area contributed by atoms with Crippen molar-refractivity contribution in [2.24, 2.45) is 5.92 Å². The van der Waals surface area contributed by atoms with Crippen molar-refractivity contribution >= 4 is 17.6 Å². The molecule has 1 fully saturated rings. The van der Waals surface area contributed by atoms with Crippen LogP contribution < -0.4 is 15.4 Å². The molecular formula is C22H25F2N3O3. The molecule has 0 aromatic heterocycles. The second kappa shape index (κ2) is 10.6. The van der Waals surface area contributed by atoms with E-state index in [0.29, 0.717) is 31.3 Å². The van der Waals surface area contributed by atoms with Crippen LogP contribution in [-0.4, -0.2) is 43.1 Å². The Balaban J connectivity index is 1.33. The highest BCUT2D eigenvalue weighted by atomic mass is 19.1. The van der Waals surface area contributed by atoms with Crippen LogP contribution in [0.2, 0.25) is 0 Å². The maximum atomic E-state index is 13.7. The van der Waals surface area contributed by atoms with Crippen molar-refractivity contribution in [2.75, 3.05) is 31.6 Å². The Labute approximate surface area is 174 Å². The molecule has 0 spiro atoms. The molecule has 6 nitrogen and oxygen atoms in total. The van der Waals surface area contributed by atoms with Crippen molar-refractivity contribution < 1.29 is 23.1 Å². The number of likely N-dealkylation sites (tertiary alicyclic amines) is 1. The van der Waals surface area contributed by atoms with E-state index in [2.05, 4.69) is 10.6 Å². The molecule has 0 aliphatic carbocycles. The molecule has 1 aliphatic heterocycles. The largest absolute Gasteiger partial charge is 0.484 e. The van der Waals surface area contributed by atoms with Crippen LogP contribution in [0, 0.1) is 17.6 Å². The molecule has 0 saturated carbocycles. The fraction of sp³-hybridized carbons (Fsp3) is 0.364. The van der Waals surface area contributed by atoms with Gasteiger partial charge >= 0.3 is 6.03 Å². The molecule has 160 valence electrons. The summed E-state index contributed by atoms with van der Waals surface area (Å²) in [5, 5.41) is 5.27. The van der Waals surface area contributed by atoms with Crippen molar-refractivity contribution in [1.29, 1.82) is 0 Å². The standard InChI is InChI=1S/C22H25F2N3O3/c23-17-6-7-19(24)20(14-17)26-22(29)27-12-9-16(10-13-27)8-11-25-21(28)15-30-18-4-2-1-3-5-18/h1-7,14,16H,8-13,15H2,(H,25,28)(H,26,29). The van der Waals surface area contributed by atoms with Gasteiger partial charge in [-0.3, -0.25) is 4.79 Å². The Morgan fingerprint density at radius 3 is 2.53 bits per heavy atom. The van der Waals surface area contributed by atoms with Crippen molar-refractivity contribution in [3.63, 3.8) is 0 Å². The third-order valence-electron chi connectivity index (χ3n) is 5.06. The monoisotopic (exact) mass is 417 g/mol. The third-order valence-corrected chi connectivity index (χ3v) is 5.06. The third kappa shape index (κ3) is 6.43. The lowest BCUT2D eigenvalue weighted by Gasteiger charge is -2.32. The lowest BCUT2D eigenvalue weighted by atomic mass is 9.94. The van der Waals surface area contributed by atoms with Crippen LogP contribution in [0.3, 0.4) is 0 Å². The van der Waals surface area contributed by atoms with Crippen LogP contribution in [-0.2, 0) is 4.79 Å². The van der Waals surface area contributed by atoms with Gasteiger partial charge < -0.3 is 20.3 Å². The Bertz CT molecular complexity index is 856. The lowest BCUT2D eigenvalue weighted by Crippen LogP contribution is -2.41. The first-order chi connectivity index (χ1) is 14.5. The average Bonchev–Trinajstić information content (AvgIpc) is 2.76. The normalized spacial score (nSPS) is 14.3. The molecule has 3 rings (SSSR count). The zero-order valence-electron chi connectivity index (χ0n) is 16.6. The van der Waals surface area contributed by atoms with E-state index in [-0.39, 0.29) is 18.2 Å². The number of piperidine rings is 1. The molecule has 0 unspecified atom stereocenters. The van der Waals surface area contributed by atoms with Gasteiger partial charge in [-0.25, -0.2) is 13.6 Å². The zero-order chi connectivity index (χ0) is 21.3. The number of hydrogen-bond acceptors (Lipinski definition) is 3. The molecule has 1 heterocycles. The predicted octanol–water partition coefficient (Wildman–Crippen LogP) is 3.79. The van der Waals surface area contributed by atoms with Gasteiger partial charge in [-0.2, -0.15) is 0 Å². The first-order valence-electron chi connectivity index (χ1n) is 9.97. The summed E-state index contributed by atoms with van der Waals surface area (Å²) >= 11 is 0. The molecular weight excluding hydrogens is 392 g/mol. The van der Waals surface area contributed by atoms with Gasteiger partial charge in [0.1, 0.15) is 17.4 Å². The summed E-state index contributed by atoms with van der Waals surface area (Å²) in [7, 11) is 0. The highest BCUT2D eigenvalue weighted by molar-refractivity contribution is 5.89. The number of rotatable bonds is 7. The maximum absolute atomic E-state index is 13.7. The topological polar surface area (TPSA) is 70.7 Å². The van der Waals surface area contributed by atoms with E-state index in [4.69, 9.17) is 4.74 Å². The number of carbonyl (C=O) groups excluding carboxylic acids is 2. The number of nitrogens with one attached hydrogen (secondary N) is 2. The maximum Gasteiger partial charge on any atom is 0.321 e. The summed E-state index contributed by atoms with van der Waals surface area (Å²) in [6.07, 6.45) is 2.38. The van der Waals surface area contributed by atoms with Gasteiger partial charge in [0.2, 0.25) is 0 Å². The Kier molecular flexibility index (Phi) is 7.59. The summed E-state index contributed by atoms with van der Waals surface area (Å²) < 4.78 is 32.3. The molecule has 30 heavy (non-hydrogen) atoms. The second-order valence-corrected chi connectivity index (χ2v) is 7.23. The summed E-state index contributed by atoms with van der Waals surface area (Å²) in [5.74, 6) is -0.423. The van der Waals surface area contributed by atoms with E-state index >= 15 is 0 Å². The van der Waals surface area contributed by atoms with E-state index in [1.807, 2.05) is 18.2 Å². The summed E-state index contributed by atoms with van der Waals surface area (Å²) in [6.45, 7) is 1.57. The minimum Gasteiger partial charge on any atom is -0.484 e. The first-order valence-corrected chi connectivity index (χ1v) is 9.97. The van der Waals surface area contributed by atoms with Crippen LogP contribution in [0.5, 0.6) is 5.75 Å². The van der Waals surface area contributed by atoms with Crippen molar-refractivity contribution in [3.05, 3.63) is 60.2 Å². The number of anilines is 1. The van der Waals surface area contributed by atoms with E-state index < -0.39 is 17.7 Å². The van der Waals surface area contributed by atoms with Gasteiger partial charge in [-0.05, 0) is 49.4 Å². The number of halogens is 2. The summed E-state index contributed by atoms with van der Waals surface area (Å²) in [4.78, 5) is 25.7. The van der Waals surface area contributed by atoms with E-state index in [9.17, 15) is 18.4 Å². The second-order valence-electron chi connectivity index (χ2n) is 7.23. The minimum atomic E-state index is -0.674. The average molecular weight is 417 g/mol. The van der Waals surface area contributed by atoms with Gasteiger partial charge in [0.15, 0.2) is 6.61 Å². The van der Waals surface area contributed by atoms with Gasteiger partial charge in [0, 0.05) is 25.7 Å². The minimum absolute atomic E-state index is 0.0285. The number of para-hydroxylation sites is 1. The molecule has 8 heteroatoms. The summed E-state index contributed by atoms with van der Waals surface area (Å²) in [5.41, 5.74) is -0.164. The summed E-state index contributed by atoms with van der Waals surface area (Å²) in [6, 6.07) is 11.7. The van der Waals surface area contributed by atoms with Crippen molar-refractivity contribution in [2.45, 2.75) is 19.3 Å². The van der Waals surface area contributed by atoms with E-state index in [1.165, 1.54) is 0 Å². The molecule has 2 aromatic carbocycles. The molecule has 2 N–H and O–H groups in total. The van der Waals surface area contributed by atoms with Crippen LogP contribution >= 0.6 is 0 Å². The van der Waals surface area contributed by atoms with Gasteiger partial charge in [0.05, 0.1) is 5.69 Å². The van der Waals surface area contributed by atoms with Crippen LogP contribution in [0.15, 0.2) is 48.5 Å². The molecule has 0 atom stereocenters. The predicted molar refractivity (Wildman–Crippen MR) is 109 cm³/mol. The number of carbonyl (C=O) groups is 2. The van der Waals surface area contributed by atoms with Crippen LogP contribution in [0.1, 0.15) is 19.3 Å². The lowest BCUT2D eigenvalue weighted by molar-refractivity contribution is -0.123. The number of amides is 3. The molecule has 1 aliphatic rings. The van der Waals surface area contributed by atoms with Crippen LogP contribution in [0.25, 0.3) is 0 Å². The molecule has 1 saturated heterocycles. The Morgan fingerprint density at radius 1 is 1.07 bits per heavy atom. The van der Waals surface area contributed by atoms with Crippen molar-refractivity contribution in [1.82, 2.24) is 10.2 Å². The van der Waals surface area contributed by atoms with Gasteiger partial charge in [-0.15, -0.1) is 0 Å². The fourth-order valence-electron chi connectivity index (χ4n) is 3.34. The van der Waals surface area contributed by atoms with Crippen molar-refractivity contribution in [3.8, 4) is 5.75 Å². The van der Waals surface area contributed by atoms with Crippen LogP contribution in [0.4, 0.5) is 19.3 Å². The van der Waals surface area contributed by atoms with E-state index in [0.717, 1.165) is 37.5 Å². The fourth-order valence-corrected chi connectivity index (χ4v) is 3.34. The number of urea groups is 1. The number of hydrogen-bond donors (Lipinski definition) is 2. The quantitative estimate of drug-likeness (QED) is 0.720. The van der Waals surface area contributed by atoms with Gasteiger partial charge in [0.25, 0.3) is 5.91 Å². The smallest absolute Gasteiger partial charge is 0.321 e. The molecule has 0 radical (unpaired) electrons. The molecule has 0 bridgehead atoms. The Hall–Kier alpha value is -3.16. The highest BCUT2D eigenvalue weighted by Gasteiger charge is 2.23. The molecule has 2 aromatic rings. The SMILES string of the molecule is O=C(COc1ccccc1)NCCC1CCN(C(=O)Nc2cc(F)ccc2F)CC1. The van der Waals surface area contributed by atoms with Gasteiger partial charge in [-0.1, -0.05) is 18.2 Å². The number of benzene rings is 2.